The van der Waals surface area contributed by atoms with Gasteiger partial charge in [-0.15, -0.1) is 0 Å². The number of carbonyl (C=O) groups is 2. The van der Waals surface area contributed by atoms with Gasteiger partial charge in [-0.05, 0) is 41.5 Å². The van der Waals surface area contributed by atoms with Gasteiger partial charge in [0.15, 0.2) is 0 Å². The van der Waals surface area contributed by atoms with E-state index in [1.54, 1.807) is 24.5 Å². The van der Waals surface area contributed by atoms with E-state index in [0.29, 0.717) is 0 Å². The van der Waals surface area contributed by atoms with E-state index in [2.05, 4.69) is 20.6 Å². The van der Waals surface area contributed by atoms with Gasteiger partial charge in [0.1, 0.15) is 6.33 Å². The minimum atomic E-state index is -3.92. The molecule has 1 aliphatic heterocycles. The van der Waals surface area contributed by atoms with E-state index in [1.807, 2.05) is 24.3 Å². The summed E-state index contributed by atoms with van der Waals surface area (Å²) in [6.07, 6.45) is 4.91. The molecule has 1 aliphatic rings. The first kappa shape index (κ1) is 21.5. The fraction of sp³-hybridized carbons (Fsp3) is 0.0400. The van der Waals surface area contributed by atoms with Crippen LogP contribution in [0.25, 0.3) is 11.1 Å². The number of benzene rings is 3. The van der Waals surface area contributed by atoms with Crippen molar-refractivity contribution < 1.29 is 18.0 Å². The summed E-state index contributed by atoms with van der Waals surface area (Å²) in [7, 11) is -3.92. The number of hydrogen-bond acceptors (Lipinski definition) is 6. The molecule has 4 aromatic rings. The zero-order valence-corrected chi connectivity index (χ0v) is 18.5. The van der Waals surface area contributed by atoms with E-state index in [9.17, 15) is 18.0 Å². The van der Waals surface area contributed by atoms with Crippen LogP contribution in [0.1, 0.15) is 26.3 Å². The van der Waals surface area contributed by atoms with Crippen LogP contribution < -0.4 is 10.6 Å². The van der Waals surface area contributed by atoms with Gasteiger partial charge in [0.25, 0.3) is 11.8 Å². The summed E-state index contributed by atoms with van der Waals surface area (Å²) in [5.74, 6) is -0.934. The number of anilines is 1. The molecule has 2 amide bonds. The van der Waals surface area contributed by atoms with Gasteiger partial charge in [0, 0.05) is 30.1 Å². The molecule has 0 bridgehead atoms. The molecule has 3 aromatic carbocycles. The number of sulfone groups is 1. The molecule has 0 spiro atoms. The number of aromatic nitrogens is 2. The summed E-state index contributed by atoms with van der Waals surface area (Å²) in [6, 6.07) is 17.8. The molecule has 0 atom stereocenters. The van der Waals surface area contributed by atoms with Gasteiger partial charge in [0.05, 0.1) is 21.0 Å². The molecule has 0 saturated carbocycles. The maximum atomic E-state index is 13.1. The van der Waals surface area contributed by atoms with Crippen molar-refractivity contribution in [3.63, 3.8) is 0 Å². The molecular formula is C25H18N4O4S. The first-order chi connectivity index (χ1) is 16.4. The van der Waals surface area contributed by atoms with Crippen LogP contribution in [0.3, 0.4) is 0 Å². The fourth-order valence-electron chi connectivity index (χ4n) is 3.75. The van der Waals surface area contributed by atoms with Gasteiger partial charge in [-0.1, -0.05) is 36.4 Å². The molecular weight excluding hydrogens is 452 g/mol. The van der Waals surface area contributed by atoms with Gasteiger partial charge in [-0.3, -0.25) is 9.59 Å². The lowest BCUT2D eigenvalue weighted by molar-refractivity contribution is 0.0949. The van der Waals surface area contributed by atoms with Crippen LogP contribution in [-0.4, -0.2) is 30.2 Å². The third-order valence-corrected chi connectivity index (χ3v) is 7.37. The Morgan fingerprint density at radius 1 is 0.882 bits per heavy atom. The topological polar surface area (TPSA) is 118 Å². The Morgan fingerprint density at radius 2 is 1.62 bits per heavy atom. The third kappa shape index (κ3) is 3.93. The Morgan fingerprint density at radius 3 is 2.38 bits per heavy atom. The molecule has 9 heteroatoms. The highest BCUT2D eigenvalue weighted by molar-refractivity contribution is 7.91. The fourth-order valence-corrected chi connectivity index (χ4v) is 5.34. The zero-order valence-electron chi connectivity index (χ0n) is 17.7. The van der Waals surface area contributed by atoms with E-state index in [0.717, 1.165) is 16.7 Å². The SMILES string of the molecule is O=C(NCc1ccc(-c2cncnc2)cc1)c1ccc2c(c1)NC(=O)c1ccccc1S2(=O)=O. The van der Waals surface area contributed by atoms with Crippen LogP contribution in [0, 0.1) is 0 Å². The standard InChI is InChI=1S/C25H18N4O4S/c30-24(28-12-16-5-7-17(8-6-16)19-13-26-15-27-14-19)18-9-10-23-21(11-18)29-25(31)20-3-1-2-4-22(20)34(23,32)33/h1-11,13-15H,12H2,(H,28,30)(H,29,31). The minimum Gasteiger partial charge on any atom is -0.348 e. The van der Waals surface area contributed by atoms with Gasteiger partial charge in [0.2, 0.25) is 9.84 Å². The van der Waals surface area contributed by atoms with Crippen molar-refractivity contribution in [2.75, 3.05) is 5.32 Å². The lowest BCUT2D eigenvalue weighted by Crippen LogP contribution is -2.23. The van der Waals surface area contributed by atoms with E-state index in [-0.39, 0.29) is 33.2 Å². The lowest BCUT2D eigenvalue weighted by atomic mass is 10.1. The minimum absolute atomic E-state index is 0.0529. The smallest absolute Gasteiger partial charge is 0.257 e. The van der Waals surface area contributed by atoms with Crippen molar-refractivity contribution in [2.24, 2.45) is 0 Å². The summed E-state index contributed by atoms with van der Waals surface area (Å²) in [5.41, 5.74) is 3.10. The van der Waals surface area contributed by atoms with Crippen molar-refractivity contribution in [2.45, 2.75) is 16.3 Å². The van der Waals surface area contributed by atoms with Gasteiger partial charge >= 0.3 is 0 Å². The van der Waals surface area contributed by atoms with Crippen molar-refractivity contribution >= 4 is 27.3 Å². The number of fused-ring (bicyclic) bond motifs is 2. The Labute approximate surface area is 195 Å². The molecule has 0 aliphatic carbocycles. The molecule has 34 heavy (non-hydrogen) atoms. The van der Waals surface area contributed by atoms with E-state index in [4.69, 9.17) is 0 Å². The van der Waals surface area contributed by atoms with Crippen molar-refractivity contribution in [1.82, 2.24) is 15.3 Å². The summed E-state index contributed by atoms with van der Waals surface area (Å²) >= 11 is 0. The Balaban J connectivity index is 1.34. The predicted molar refractivity (Wildman–Crippen MR) is 125 cm³/mol. The molecule has 0 unspecified atom stereocenters. The number of hydrogen-bond donors (Lipinski definition) is 2. The second-order valence-electron chi connectivity index (χ2n) is 7.67. The average molecular weight is 471 g/mol. The van der Waals surface area contributed by atoms with Gasteiger partial charge in [-0.2, -0.15) is 0 Å². The van der Waals surface area contributed by atoms with E-state index in [1.165, 1.54) is 36.7 Å². The molecule has 1 aromatic heterocycles. The highest BCUT2D eigenvalue weighted by Crippen LogP contribution is 2.34. The van der Waals surface area contributed by atoms with Gasteiger partial charge in [-0.25, -0.2) is 18.4 Å². The van der Waals surface area contributed by atoms with E-state index >= 15 is 0 Å². The van der Waals surface area contributed by atoms with Crippen LogP contribution in [0.2, 0.25) is 0 Å². The molecule has 2 N–H and O–H groups in total. The number of amides is 2. The first-order valence-electron chi connectivity index (χ1n) is 10.4. The number of rotatable bonds is 4. The van der Waals surface area contributed by atoms with Crippen molar-refractivity contribution in [3.8, 4) is 11.1 Å². The summed E-state index contributed by atoms with van der Waals surface area (Å²) in [4.78, 5) is 33.2. The van der Waals surface area contributed by atoms with Crippen LogP contribution in [-0.2, 0) is 16.4 Å². The predicted octanol–water partition coefficient (Wildman–Crippen LogP) is 3.47. The summed E-state index contributed by atoms with van der Waals surface area (Å²) in [6.45, 7) is 0.275. The largest absolute Gasteiger partial charge is 0.348 e. The second-order valence-corrected chi connectivity index (χ2v) is 9.56. The normalized spacial score (nSPS) is 13.7. The maximum absolute atomic E-state index is 13.1. The van der Waals surface area contributed by atoms with Gasteiger partial charge < -0.3 is 10.6 Å². The van der Waals surface area contributed by atoms with Crippen LogP contribution in [0.5, 0.6) is 0 Å². The van der Waals surface area contributed by atoms with E-state index < -0.39 is 21.7 Å². The molecule has 2 heterocycles. The molecule has 0 radical (unpaired) electrons. The number of nitrogens with zero attached hydrogens (tertiary/aromatic N) is 2. The third-order valence-electron chi connectivity index (χ3n) is 5.50. The Bertz CT molecular complexity index is 1520. The van der Waals surface area contributed by atoms with Crippen LogP contribution >= 0.6 is 0 Å². The second kappa shape index (κ2) is 8.53. The van der Waals surface area contributed by atoms with Crippen molar-refractivity contribution in [1.29, 1.82) is 0 Å². The number of nitrogens with one attached hydrogen (secondary N) is 2. The Kier molecular flexibility index (Phi) is 5.39. The molecule has 168 valence electrons. The highest BCUT2D eigenvalue weighted by atomic mass is 32.2. The Hall–Kier alpha value is -4.37. The van der Waals surface area contributed by atoms with Crippen LogP contribution in [0.4, 0.5) is 5.69 Å². The maximum Gasteiger partial charge on any atom is 0.257 e. The van der Waals surface area contributed by atoms with Crippen LogP contribution in [0.15, 0.2) is 95.2 Å². The summed E-state index contributed by atoms with van der Waals surface area (Å²) < 4.78 is 26.2. The molecule has 8 nitrogen and oxygen atoms in total. The zero-order chi connectivity index (χ0) is 23.7. The average Bonchev–Trinajstić information content (AvgIpc) is 2.95. The molecule has 5 rings (SSSR count). The molecule has 0 saturated heterocycles. The van der Waals surface area contributed by atoms with Crippen molar-refractivity contribution in [3.05, 3.63) is 102 Å². The summed E-state index contributed by atoms with van der Waals surface area (Å²) in [5, 5.41) is 5.44. The highest BCUT2D eigenvalue weighted by Gasteiger charge is 2.31. The number of carbonyl (C=O) groups excluding carboxylic acids is 2. The monoisotopic (exact) mass is 470 g/mol. The first-order valence-corrected chi connectivity index (χ1v) is 11.8. The lowest BCUT2D eigenvalue weighted by Gasteiger charge is -2.10. The molecule has 0 fully saturated rings. The quantitative estimate of drug-likeness (QED) is 0.472.